The molecule has 1 aromatic heterocycles. The third-order valence-electron chi connectivity index (χ3n) is 5.86. The summed E-state index contributed by atoms with van der Waals surface area (Å²) in [6.45, 7) is 0.643. The molecule has 0 spiro atoms. The molecule has 168 valence electrons. The maximum atomic E-state index is 13.4. The van der Waals surface area contributed by atoms with E-state index in [1.807, 2.05) is 4.68 Å². The summed E-state index contributed by atoms with van der Waals surface area (Å²) in [7, 11) is 1.58. The molecule has 1 fully saturated rings. The first-order chi connectivity index (χ1) is 15.5. The molecular formula is C24H25Cl2N3O3. The molecule has 1 N–H and O–H groups in total. The Morgan fingerprint density at radius 3 is 2.47 bits per heavy atom. The minimum atomic E-state index is -0.471. The number of hydrogen-bond donors (Lipinski definition) is 1. The summed E-state index contributed by atoms with van der Waals surface area (Å²) in [6, 6.07) is 11.9. The molecule has 0 radical (unpaired) electrons. The van der Waals surface area contributed by atoms with Crippen molar-refractivity contribution in [1.82, 2.24) is 9.36 Å². The Labute approximate surface area is 196 Å². The molecule has 6 nitrogen and oxygen atoms in total. The number of benzene rings is 2. The number of carbonyl (C=O) groups is 1. The van der Waals surface area contributed by atoms with Crippen LogP contribution in [-0.2, 0) is 6.54 Å². The monoisotopic (exact) mass is 473 g/mol. The summed E-state index contributed by atoms with van der Waals surface area (Å²) >= 11 is 12.5. The quantitative estimate of drug-likeness (QED) is 0.492. The fraction of sp³-hybridized carbons (Fsp3) is 0.333. The van der Waals surface area contributed by atoms with Crippen molar-refractivity contribution in [2.24, 2.45) is 5.92 Å². The molecule has 1 aliphatic carbocycles. The molecular weight excluding hydrogens is 449 g/mol. The van der Waals surface area contributed by atoms with Crippen molar-refractivity contribution < 1.29 is 9.53 Å². The zero-order valence-electron chi connectivity index (χ0n) is 17.8. The average molecular weight is 474 g/mol. The highest BCUT2D eigenvalue weighted by molar-refractivity contribution is 6.35. The third kappa shape index (κ3) is 4.87. The molecule has 1 amide bonds. The molecule has 1 aliphatic rings. The van der Waals surface area contributed by atoms with E-state index in [1.165, 1.54) is 23.9 Å². The van der Waals surface area contributed by atoms with Crippen LogP contribution in [0.3, 0.4) is 0 Å². The van der Waals surface area contributed by atoms with Crippen LogP contribution in [0, 0.1) is 5.92 Å². The molecule has 32 heavy (non-hydrogen) atoms. The van der Waals surface area contributed by atoms with E-state index >= 15 is 0 Å². The van der Waals surface area contributed by atoms with Gasteiger partial charge < -0.3 is 10.1 Å². The van der Waals surface area contributed by atoms with Crippen LogP contribution >= 0.6 is 23.2 Å². The molecule has 0 atom stereocenters. The first-order valence-electron chi connectivity index (χ1n) is 10.7. The van der Waals surface area contributed by atoms with Crippen LogP contribution in [0.1, 0.15) is 42.5 Å². The predicted molar refractivity (Wildman–Crippen MR) is 128 cm³/mol. The van der Waals surface area contributed by atoms with Gasteiger partial charge in [-0.15, -0.1) is 0 Å². The molecule has 8 heteroatoms. The lowest BCUT2D eigenvalue weighted by molar-refractivity contribution is 0.102. The Bertz CT molecular complexity index is 1160. The van der Waals surface area contributed by atoms with E-state index in [0.29, 0.717) is 39.6 Å². The molecule has 1 heterocycles. The van der Waals surface area contributed by atoms with Crippen molar-refractivity contribution in [3.05, 3.63) is 74.6 Å². The molecule has 4 rings (SSSR count). The third-order valence-corrected chi connectivity index (χ3v) is 6.40. The molecule has 1 saturated carbocycles. The number of rotatable bonds is 6. The summed E-state index contributed by atoms with van der Waals surface area (Å²) in [5, 5.41) is 3.63. The number of nitrogens with zero attached hydrogens (tertiary/aromatic N) is 2. The second-order valence-corrected chi connectivity index (χ2v) is 8.91. The number of ether oxygens (including phenoxy) is 1. The number of carbonyl (C=O) groups excluding carboxylic acids is 1. The Morgan fingerprint density at radius 1 is 1.09 bits per heavy atom. The first kappa shape index (κ1) is 22.5. The van der Waals surface area contributed by atoms with E-state index in [2.05, 4.69) is 5.32 Å². The number of nitrogens with one attached hydrogen (secondary N) is 1. The summed E-state index contributed by atoms with van der Waals surface area (Å²) in [5.74, 6) is 0.660. The van der Waals surface area contributed by atoms with Gasteiger partial charge in [0.2, 0.25) is 0 Å². The second-order valence-electron chi connectivity index (χ2n) is 8.06. The zero-order chi connectivity index (χ0) is 22.7. The summed E-state index contributed by atoms with van der Waals surface area (Å²) in [5.41, 5.74) is 0.713. The summed E-state index contributed by atoms with van der Waals surface area (Å²) in [4.78, 5) is 26.4. The Morgan fingerprint density at radius 2 is 1.81 bits per heavy atom. The summed E-state index contributed by atoms with van der Waals surface area (Å²) in [6.07, 6.45) is 7.45. The highest BCUT2D eigenvalue weighted by Gasteiger charge is 2.23. The largest absolute Gasteiger partial charge is 0.497 e. The fourth-order valence-electron chi connectivity index (χ4n) is 4.19. The zero-order valence-corrected chi connectivity index (χ0v) is 19.3. The highest BCUT2D eigenvalue weighted by Crippen LogP contribution is 2.27. The van der Waals surface area contributed by atoms with Gasteiger partial charge in [-0.3, -0.25) is 14.3 Å². The first-order valence-corrected chi connectivity index (χ1v) is 11.4. The van der Waals surface area contributed by atoms with E-state index in [4.69, 9.17) is 27.9 Å². The van der Waals surface area contributed by atoms with E-state index < -0.39 is 11.5 Å². The average Bonchev–Trinajstić information content (AvgIpc) is 3.11. The van der Waals surface area contributed by atoms with Crippen molar-refractivity contribution in [2.75, 3.05) is 12.4 Å². The van der Waals surface area contributed by atoms with Crippen LogP contribution in [0.2, 0.25) is 10.0 Å². The molecule has 2 aromatic carbocycles. The van der Waals surface area contributed by atoms with Gasteiger partial charge in [0.15, 0.2) is 0 Å². The minimum absolute atomic E-state index is 0.0580. The Kier molecular flexibility index (Phi) is 6.92. The van der Waals surface area contributed by atoms with Gasteiger partial charge in [-0.2, -0.15) is 0 Å². The fourth-order valence-corrected chi connectivity index (χ4v) is 4.68. The number of methoxy groups -OCH3 is 1. The molecule has 3 aromatic rings. The van der Waals surface area contributed by atoms with Gasteiger partial charge in [0, 0.05) is 23.5 Å². The number of anilines is 1. The van der Waals surface area contributed by atoms with Crippen LogP contribution in [0.25, 0.3) is 5.69 Å². The van der Waals surface area contributed by atoms with Gasteiger partial charge >= 0.3 is 0 Å². The number of hydrogen-bond acceptors (Lipinski definition) is 3. The minimum Gasteiger partial charge on any atom is -0.497 e. The van der Waals surface area contributed by atoms with Gasteiger partial charge in [-0.05, 0) is 61.2 Å². The maximum Gasteiger partial charge on any atom is 0.284 e. The Balaban J connectivity index is 1.70. The molecule has 0 bridgehead atoms. The van der Waals surface area contributed by atoms with Crippen LogP contribution in [0.15, 0.2) is 53.5 Å². The van der Waals surface area contributed by atoms with Crippen molar-refractivity contribution in [2.45, 2.75) is 38.6 Å². The van der Waals surface area contributed by atoms with E-state index in [9.17, 15) is 9.59 Å². The topological polar surface area (TPSA) is 65.3 Å². The van der Waals surface area contributed by atoms with E-state index in [-0.39, 0.29) is 5.56 Å². The van der Waals surface area contributed by atoms with Gasteiger partial charge in [-0.1, -0.05) is 42.5 Å². The smallest absolute Gasteiger partial charge is 0.284 e. The lowest BCUT2D eigenvalue weighted by Gasteiger charge is -2.23. The standard InChI is InChI=1S/C24H25Cl2N3O3/c1-32-19-10-8-18(9-11-19)27-23(30)20-15-28(14-16-5-3-2-4-6-16)29(24(20)31)22-12-7-17(25)13-21(22)26/h7-13,15-16H,2-6,14H2,1H3,(H,27,30). The molecule has 0 saturated heterocycles. The Hall–Kier alpha value is -2.70. The number of amides is 1. The second kappa shape index (κ2) is 9.84. The van der Waals surface area contributed by atoms with Crippen LogP contribution in [0.5, 0.6) is 5.75 Å². The van der Waals surface area contributed by atoms with Gasteiger partial charge in [0.1, 0.15) is 11.3 Å². The lowest BCUT2D eigenvalue weighted by atomic mass is 9.89. The highest BCUT2D eigenvalue weighted by atomic mass is 35.5. The summed E-state index contributed by atoms with van der Waals surface area (Å²) < 4.78 is 8.44. The molecule has 0 unspecified atom stereocenters. The van der Waals surface area contributed by atoms with Gasteiger partial charge in [0.05, 0.1) is 17.8 Å². The van der Waals surface area contributed by atoms with E-state index in [1.54, 1.807) is 55.8 Å². The predicted octanol–water partition coefficient (Wildman–Crippen LogP) is 5.79. The van der Waals surface area contributed by atoms with Crippen molar-refractivity contribution in [1.29, 1.82) is 0 Å². The molecule has 0 aliphatic heterocycles. The van der Waals surface area contributed by atoms with Gasteiger partial charge in [-0.25, -0.2) is 4.68 Å². The van der Waals surface area contributed by atoms with Crippen molar-refractivity contribution >= 4 is 34.8 Å². The van der Waals surface area contributed by atoms with Crippen molar-refractivity contribution in [3.63, 3.8) is 0 Å². The SMILES string of the molecule is COc1ccc(NC(=O)c2cn(CC3CCCCC3)n(-c3ccc(Cl)cc3Cl)c2=O)cc1. The van der Waals surface area contributed by atoms with Crippen molar-refractivity contribution in [3.8, 4) is 11.4 Å². The van der Waals surface area contributed by atoms with E-state index in [0.717, 1.165) is 12.8 Å². The van der Waals surface area contributed by atoms with Crippen LogP contribution in [0.4, 0.5) is 5.69 Å². The number of aromatic nitrogens is 2. The van der Waals surface area contributed by atoms with Gasteiger partial charge in [0.25, 0.3) is 11.5 Å². The van der Waals surface area contributed by atoms with Crippen LogP contribution < -0.4 is 15.6 Å². The normalized spacial score (nSPS) is 14.3. The maximum absolute atomic E-state index is 13.4. The number of halogens is 2. The van der Waals surface area contributed by atoms with Crippen LogP contribution in [-0.4, -0.2) is 22.4 Å². The lowest BCUT2D eigenvalue weighted by Crippen LogP contribution is -2.27.